The second-order valence-corrected chi connectivity index (χ2v) is 5.54. The summed E-state index contributed by atoms with van der Waals surface area (Å²) < 4.78 is 13.4. The second kappa shape index (κ2) is 9.28. The van der Waals surface area contributed by atoms with Crippen molar-refractivity contribution in [1.82, 2.24) is 0 Å². The second-order valence-electron chi connectivity index (χ2n) is 5.54. The fourth-order valence-corrected chi connectivity index (χ4v) is 2.37. The molecule has 0 fully saturated rings. The van der Waals surface area contributed by atoms with Crippen LogP contribution in [-0.2, 0) is 0 Å². The maximum Gasteiger partial charge on any atom is 0.165 e. The summed E-state index contributed by atoms with van der Waals surface area (Å²) in [4.78, 5) is 0. The van der Waals surface area contributed by atoms with Crippen LogP contribution in [0.5, 0.6) is 5.75 Å². The zero-order chi connectivity index (χ0) is 17.4. The number of benzene rings is 1. The highest BCUT2D eigenvalue weighted by Crippen LogP contribution is 2.23. The fraction of sp³-hybridized carbons (Fsp3) is 0.368. The van der Waals surface area contributed by atoms with E-state index in [0.29, 0.717) is 24.0 Å². The molecule has 0 aromatic heterocycles. The molecule has 0 aliphatic carbocycles. The van der Waals surface area contributed by atoms with E-state index in [1.54, 1.807) is 19.1 Å². The number of aliphatic hydroxyl groups is 2. The summed E-state index contributed by atoms with van der Waals surface area (Å²) in [7, 11) is 0. The van der Waals surface area contributed by atoms with Crippen molar-refractivity contribution >= 4 is 6.08 Å². The highest BCUT2D eigenvalue weighted by atomic mass is 19.1. The van der Waals surface area contributed by atoms with E-state index in [2.05, 4.69) is 6.58 Å². The third kappa shape index (κ3) is 6.00. The predicted octanol–water partition coefficient (Wildman–Crippen LogP) is 3.96. The molecule has 1 rings (SSSR count). The minimum Gasteiger partial charge on any atom is -0.505 e. The van der Waals surface area contributed by atoms with Gasteiger partial charge in [0.1, 0.15) is 0 Å². The van der Waals surface area contributed by atoms with Crippen molar-refractivity contribution < 1.29 is 19.7 Å². The maximum atomic E-state index is 13.4. The van der Waals surface area contributed by atoms with Crippen molar-refractivity contribution in [3.05, 3.63) is 59.0 Å². The number of hydrogen-bond donors (Lipinski definition) is 3. The Hall–Kier alpha value is -1.91. The number of halogens is 1. The number of aromatic hydroxyl groups is 1. The van der Waals surface area contributed by atoms with Gasteiger partial charge in [0.15, 0.2) is 11.6 Å². The van der Waals surface area contributed by atoms with Crippen molar-refractivity contribution in [2.24, 2.45) is 0 Å². The molecule has 23 heavy (non-hydrogen) atoms. The predicted molar refractivity (Wildman–Crippen MR) is 91.6 cm³/mol. The van der Waals surface area contributed by atoms with Gasteiger partial charge >= 0.3 is 0 Å². The summed E-state index contributed by atoms with van der Waals surface area (Å²) in [5, 5.41) is 28.5. The van der Waals surface area contributed by atoms with Gasteiger partial charge in [-0.3, -0.25) is 0 Å². The summed E-state index contributed by atoms with van der Waals surface area (Å²) in [5.41, 5.74) is 3.13. The molecule has 126 valence electrons. The largest absolute Gasteiger partial charge is 0.505 e. The molecule has 0 aliphatic rings. The van der Waals surface area contributed by atoms with Crippen molar-refractivity contribution in [1.29, 1.82) is 0 Å². The molecule has 0 saturated heterocycles. The van der Waals surface area contributed by atoms with Gasteiger partial charge in [-0.05, 0) is 49.5 Å². The van der Waals surface area contributed by atoms with E-state index in [9.17, 15) is 14.6 Å². The third-order valence-corrected chi connectivity index (χ3v) is 3.70. The molecule has 0 bridgehead atoms. The van der Waals surface area contributed by atoms with Gasteiger partial charge in [0.25, 0.3) is 0 Å². The number of hydrogen-bond acceptors (Lipinski definition) is 3. The summed E-state index contributed by atoms with van der Waals surface area (Å²) >= 11 is 0. The molecule has 0 spiro atoms. The zero-order valence-corrected chi connectivity index (χ0v) is 13.7. The molecule has 0 saturated carbocycles. The van der Waals surface area contributed by atoms with Gasteiger partial charge in [0.2, 0.25) is 0 Å². The van der Waals surface area contributed by atoms with E-state index < -0.39 is 11.9 Å². The van der Waals surface area contributed by atoms with E-state index in [4.69, 9.17) is 5.11 Å². The topological polar surface area (TPSA) is 60.7 Å². The van der Waals surface area contributed by atoms with Crippen LogP contribution < -0.4 is 0 Å². The van der Waals surface area contributed by atoms with Gasteiger partial charge in [-0.2, -0.15) is 0 Å². The SMILES string of the molecule is C=C(C)/C(=C/CO)C(O)CC/C(=C/c1ccc(O)c(F)c1)CC. The van der Waals surface area contributed by atoms with Crippen LogP contribution in [0.15, 0.2) is 47.6 Å². The average molecular weight is 320 g/mol. The molecular weight excluding hydrogens is 295 g/mol. The molecule has 0 radical (unpaired) electrons. The van der Waals surface area contributed by atoms with Crippen LogP contribution in [0.4, 0.5) is 4.39 Å². The van der Waals surface area contributed by atoms with Crippen molar-refractivity contribution in [3.63, 3.8) is 0 Å². The van der Waals surface area contributed by atoms with E-state index in [0.717, 1.165) is 17.6 Å². The molecule has 1 aromatic rings. The van der Waals surface area contributed by atoms with Crippen LogP contribution >= 0.6 is 0 Å². The van der Waals surface area contributed by atoms with Crippen molar-refractivity contribution in [3.8, 4) is 5.75 Å². The Morgan fingerprint density at radius 1 is 1.39 bits per heavy atom. The molecule has 1 aromatic carbocycles. The van der Waals surface area contributed by atoms with Crippen LogP contribution in [0.25, 0.3) is 6.08 Å². The summed E-state index contributed by atoms with van der Waals surface area (Å²) in [6.07, 6.45) is 4.67. The highest BCUT2D eigenvalue weighted by molar-refractivity contribution is 5.54. The molecule has 3 nitrogen and oxygen atoms in total. The minimum atomic E-state index is -0.689. The smallest absolute Gasteiger partial charge is 0.165 e. The number of allylic oxidation sites excluding steroid dienone is 1. The lowest BCUT2D eigenvalue weighted by atomic mass is 9.95. The number of phenols is 1. The van der Waals surface area contributed by atoms with E-state index in [1.807, 2.05) is 13.0 Å². The minimum absolute atomic E-state index is 0.136. The molecular formula is C19H25FO3. The first-order valence-corrected chi connectivity index (χ1v) is 7.71. The summed E-state index contributed by atoms with van der Waals surface area (Å²) in [6.45, 7) is 7.46. The van der Waals surface area contributed by atoms with Gasteiger partial charge < -0.3 is 15.3 Å². The van der Waals surface area contributed by atoms with E-state index in [1.165, 1.54) is 12.1 Å². The molecule has 1 atom stereocenters. The molecule has 1 unspecified atom stereocenters. The van der Waals surface area contributed by atoms with Gasteiger partial charge in [0, 0.05) is 0 Å². The molecule has 0 heterocycles. The average Bonchev–Trinajstić information content (AvgIpc) is 2.51. The third-order valence-electron chi connectivity index (χ3n) is 3.70. The maximum absolute atomic E-state index is 13.4. The lowest BCUT2D eigenvalue weighted by Gasteiger charge is -2.16. The van der Waals surface area contributed by atoms with Crippen molar-refractivity contribution in [2.45, 2.75) is 39.2 Å². The van der Waals surface area contributed by atoms with Crippen LogP contribution in [0.1, 0.15) is 38.7 Å². The molecule has 0 amide bonds. The first kappa shape index (κ1) is 19.1. The Kier molecular flexibility index (Phi) is 7.72. The summed E-state index contributed by atoms with van der Waals surface area (Å²) in [5.74, 6) is -1.01. The Labute approximate surface area is 137 Å². The van der Waals surface area contributed by atoms with Gasteiger partial charge in [-0.25, -0.2) is 4.39 Å². The monoisotopic (exact) mass is 320 g/mol. The van der Waals surface area contributed by atoms with Crippen molar-refractivity contribution in [2.75, 3.05) is 6.61 Å². The first-order chi connectivity index (χ1) is 10.9. The molecule has 0 aliphatic heterocycles. The molecule has 3 N–H and O–H groups in total. The van der Waals surface area contributed by atoms with Gasteiger partial charge in [-0.15, -0.1) is 0 Å². The number of aliphatic hydroxyl groups excluding tert-OH is 2. The Balaban J connectivity index is 2.79. The van der Waals surface area contributed by atoms with Gasteiger partial charge in [-0.1, -0.05) is 42.9 Å². The van der Waals surface area contributed by atoms with Gasteiger partial charge in [0.05, 0.1) is 12.7 Å². The van der Waals surface area contributed by atoms with Crippen LogP contribution in [0.3, 0.4) is 0 Å². The van der Waals surface area contributed by atoms with Crippen LogP contribution in [0, 0.1) is 5.82 Å². The Morgan fingerprint density at radius 3 is 2.61 bits per heavy atom. The normalized spacial score (nSPS) is 14.0. The Bertz CT molecular complexity index is 603. The first-order valence-electron chi connectivity index (χ1n) is 7.71. The van der Waals surface area contributed by atoms with E-state index in [-0.39, 0.29) is 12.4 Å². The number of phenolic OH excluding ortho intramolecular Hbond substituents is 1. The number of rotatable bonds is 8. The zero-order valence-electron chi connectivity index (χ0n) is 13.7. The quantitative estimate of drug-likeness (QED) is 0.635. The summed E-state index contributed by atoms with van der Waals surface area (Å²) in [6, 6.07) is 4.26. The lowest BCUT2D eigenvalue weighted by Crippen LogP contribution is -2.12. The fourth-order valence-electron chi connectivity index (χ4n) is 2.37. The lowest BCUT2D eigenvalue weighted by molar-refractivity contribution is 0.201. The highest BCUT2D eigenvalue weighted by Gasteiger charge is 2.12. The Morgan fingerprint density at radius 2 is 2.09 bits per heavy atom. The van der Waals surface area contributed by atoms with Crippen LogP contribution in [0.2, 0.25) is 0 Å². The molecule has 4 heteroatoms. The van der Waals surface area contributed by atoms with Crippen LogP contribution in [-0.4, -0.2) is 28.0 Å². The standard InChI is InChI=1S/C19H25FO3/c1-4-14(11-15-6-8-19(23)17(20)12-15)5-7-18(22)16(9-10-21)13(2)3/h6,8-9,11-12,18,21-23H,2,4-5,7,10H2,1,3H3/b14-11+,16-9-. The van der Waals surface area contributed by atoms with E-state index >= 15 is 0 Å².